The summed E-state index contributed by atoms with van der Waals surface area (Å²) in [5.41, 5.74) is 2.98. The van der Waals surface area contributed by atoms with Crippen LogP contribution < -0.4 is 9.64 Å². The normalized spacial score (nSPS) is 12.1. The van der Waals surface area contributed by atoms with E-state index in [2.05, 4.69) is 0 Å². The fraction of sp³-hybridized carbons (Fsp3) is 0.500. The molecule has 1 rings (SSSR count). The van der Waals surface area contributed by atoms with E-state index in [0.29, 0.717) is 0 Å². The Morgan fingerprint density at radius 1 is 1.37 bits per heavy atom. The van der Waals surface area contributed by atoms with Crippen molar-refractivity contribution in [2.45, 2.75) is 26.4 Å². The van der Waals surface area contributed by atoms with Gasteiger partial charge in [0.15, 0.2) is 0 Å². The summed E-state index contributed by atoms with van der Waals surface area (Å²) in [5, 5.41) is 18.3. The monoisotopic (exact) mass is 267 g/mol. The van der Waals surface area contributed by atoms with E-state index in [9.17, 15) is 9.90 Å². The van der Waals surface area contributed by atoms with Crippen molar-refractivity contribution < 1.29 is 19.7 Å². The van der Waals surface area contributed by atoms with Crippen molar-refractivity contribution in [3.8, 4) is 5.75 Å². The van der Waals surface area contributed by atoms with E-state index >= 15 is 0 Å². The maximum atomic E-state index is 10.5. The smallest absolute Gasteiger partial charge is 0.306 e. The van der Waals surface area contributed by atoms with Gasteiger partial charge in [0, 0.05) is 19.3 Å². The Bertz CT molecular complexity index is 459. The van der Waals surface area contributed by atoms with Crippen LogP contribution in [0.25, 0.3) is 0 Å². The van der Waals surface area contributed by atoms with Gasteiger partial charge in [-0.1, -0.05) is 0 Å². The van der Waals surface area contributed by atoms with E-state index in [-0.39, 0.29) is 13.0 Å². The molecule has 0 radical (unpaired) electrons. The van der Waals surface area contributed by atoms with Gasteiger partial charge in [-0.25, -0.2) is 0 Å². The van der Waals surface area contributed by atoms with Crippen molar-refractivity contribution in [1.82, 2.24) is 0 Å². The van der Waals surface area contributed by atoms with Crippen LogP contribution in [0.4, 0.5) is 5.69 Å². The van der Waals surface area contributed by atoms with Crippen LogP contribution in [0.5, 0.6) is 5.75 Å². The quantitative estimate of drug-likeness (QED) is 0.819. The van der Waals surface area contributed by atoms with Gasteiger partial charge in [0.25, 0.3) is 0 Å². The van der Waals surface area contributed by atoms with Crippen LogP contribution in [0.2, 0.25) is 0 Å². The van der Waals surface area contributed by atoms with Gasteiger partial charge >= 0.3 is 5.97 Å². The number of nitrogens with zero attached hydrogens (tertiary/aromatic N) is 1. The summed E-state index contributed by atoms with van der Waals surface area (Å²) in [6.07, 6.45) is -1.14. The first-order valence-corrected chi connectivity index (χ1v) is 6.11. The molecule has 1 atom stereocenters. The SMILES string of the molecule is COc1cc(C)c(N(C)CC(O)CC(=O)O)cc1C. The molecule has 0 saturated heterocycles. The molecule has 2 N–H and O–H groups in total. The Balaban J connectivity index is 2.85. The number of aliphatic hydroxyl groups excluding tert-OH is 1. The average Bonchev–Trinajstić information content (AvgIpc) is 2.30. The van der Waals surface area contributed by atoms with Gasteiger partial charge in [0.2, 0.25) is 0 Å². The van der Waals surface area contributed by atoms with Crippen LogP contribution in [-0.4, -0.2) is 43.0 Å². The molecule has 5 heteroatoms. The van der Waals surface area contributed by atoms with Gasteiger partial charge in [0.05, 0.1) is 19.6 Å². The molecule has 1 aromatic carbocycles. The predicted molar refractivity (Wildman–Crippen MR) is 74.0 cm³/mol. The zero-order valence-corrected chi connectivity index (χ0v) is 11.8. The predicted octanol–water partition coefficient (Wildman–Crippen LogP) is 1.58. The second-order valence-electron chi connectivity index (χ2n) is 4.74. The Labute approximate surface area is 113 Å². The number of rotatable bonds is 6. The lowest BCUT2D eigenvalue weighted by Crippen LogP contribution is -2.31. The molecular weight excluding hydrogens is 246 g/mol. The van der Waals surface area contributed by atoms with Crippen LogP contribution in [0.3, 0.4) is 0 Å². The van der Waals surface area contributed by atoms with E-state index < -0.39 is 12.1 Å². The van der Waals surface area contributed by atoms with E-state index in [1.54, 1.807) is 7.11 Å². The number of anilines is 1. The van der Waals surface area contributed by atoms with Gasteiger partial charge in [-0.05, 0) is 37.1 Å². The summed E-state index contributed by atoms with van der Waals surface area (Å²) >= 11 is 0. The number of hydrogen-bond donors (Lipinski definition) is 2. The maximum Gasteiger partial charge on any atom is 0.306 e. The summed E-state index contributed by atoms with van der Waals surface area (Å²) in [6.45, 7) is 4.18. The van der Waals surface area contributed by atoms with Gasteiger partial charge in [-0.15, -0.1) is 0 Å². The third-order valence-electron chi connectivity index (χ3n) is 3.02. The van der Waals surface area contributed by atoms with Crippen molar-refractivity contribution in [2.75, 3.05) is 25.6 Å². The van der Waals surface area contributed by atoms with Crippen molar-refractivity contribution >= 4 is 11.7 Å². The van der Waals surface area contributed by atoms with Gasteiger partial charge in [-0.3, -0.25) is 4.79 Å². The molecule has 0 saturated carbocycles. The summed E-state index contributed by atoms with van der Waals surface area (Å²) in [7, 11) is 3.46. The highest BCUT2D eigenvalue weighted by Gasteiger charge is 2.15. The number of aryl methyl sites for hydroxylation is 2. The fourth-order valence-electron chi connectivity index (χ4n) is 2.09. The van der Waals surface area contributed by atoms with E-state index in [1.165, 1.54) is 0 Å². The highest BCUT2D eigenvalue weighted by molar-refractivity contribution is 5.67. The molecule has 0 heterocycles. The standard InChI is InChI=1S/C14H21NO4/c1-9-6-13(19-4)10(2)5-12(9)15(3)8-11(16)7-14(17)18/h5-6,11,16H,7-8H2,1-4H3,(H,17,18). The van der Waals surface area contributed by atoms with Gasteiger partial charge in [0.1, 0.15) is 5.75 Å². The highest BCUT2D eigenvalue weighted by Crippen LogP contribution is 2.28. The number of aliphatic hydroxyl groups is 1. The largest absolute Gasteiger partial charge is 0.496 e. The minimum Gasteiger partial charge on any atom is -0.496 e. The summed E-state index contributed by atoms with van der Waals surface area (Å²) in [5.74, 6) is -0.177. The second-order valence-corrected chi connectivity index (χ2v) is 4.74. The zero-order valence-electron chi connectivity index (χ0n) is 11.8. The van der Waals surface area contributed by atoms with E-state index in [4.69, 9.17) is 9.84 Å². The molecule has 5 nitrogen and oxygen atoms in total. The molecule has 0 spiro atoms. The van der Waals surface area contributed by atoms with Crippen molar-refractivity contribution in [1.29, 1.82) is 0 Å². The van der Waals surface area contributed by atoms with Crippen LogP contribution >= 0.6 is 0 Å². The van der Waals surface area contributed by atoms with Crippen molar-refractivity contribution in [3.05, 3.63) is 23.3 Å². The van der Waals surface area contributed by atoms with Crippen LogP contribution in [0, 0.1) is 13.8 Å². The Morgan fingerprint density at radius 2 is 2.00 bits per heavy atom. The van der Waals surface area contributed by atoms with Gasteiger partial charge < -0.3 is 19.8 Å². The van der Waals surface area contributed by atoms with Crippen molar-refractivity contribution in [2.24, 2.45) is 0 Å². The molecule has 106 valence electrons. The summed E-state index contributed by atoms with van der Waals surface area (Å²) < 4.78 is 5.25. The number of likely N-dealkylation sites (N-methyl/N-ethyl adjacent to an activating group) is 1. The molecule has 0 amide bonds. The van der Waals surface area contributed by atoms with E-state index in [0.717, 1.165) is 22.6 Å². The first-order chi connectivity index (χ1) is 8.85. The number of methoxy groups -OCH3 is 1. The zero-order chi connectivity index (χ0) is 14.6. The molecule has 1 aromatic rings. The maximum absolute atomic E-state index is 10.5. The third-order valence-corrected chi connectivity index (χ3v) is 3.02. The minimum atomic E-state index is -0.997. The number of hydrogen-bond acceptors (Lipinski definition) is 4. The minimum absolute atomic E-state index is 0.251. The van der Waals surface area contributed by atoms with Crippen LogP contribution in [-0.2, 0) is 4.79 Å². The number of carboxylic acid groups (broad SMARTS) is 1. The lowest BCUT2D eigenvalue weighted by atomic mass is 10.1. The second kappa shape index (κ2) is 6.43. The molecule has 0 aliphatic rings. The molecule has 0 aliphatic carbocycles. The lowest BCUT2D eigenvalue weighted by Gasteiger charge is -2.25. The third kappa shape index (κ3) is 4.13. The topological polar surface area (TPSA) is 70.0 Å². The molecule has 0 fully saturated rings. The Hall–Kier alpha value is -1.75. The molecule has 1 unspecified atom stereocenters. The van der Waals surface area contributed by atoms with Crippen LogP contribution in [0.15, 0.2) is 12.1 Å². The molecule has 0 bridgehead atoms. The summed E-state index contributed by atoms with van der Waals surface area (Å²) in [4.78, 5) is 12.4. The van der Waals surface area contributed by atoms with Crippen molar-refractivity contribution in [3.63, 3.8) is 0 Å². The van der Waals surface area contributed by atoms with Gasteiger partial charge in [-0.2, -0.15) is 0 Å². The fourth-order valence-corrected chi connectivity index (χ4v) is 2.09. The first-order valence-electron chi connectivity index (χ1n) is 6.11. The first kappa shape index (κ1) is 15.3. The van der Waals surface area contributed by atoms with Crippen LogP contribution in [0.1, 0.15) is 17.5 Å². The Kier molecular flexibility index (Phi) is 5.18. The number of carboxylic acids is 1. The number of carbonyl (C=O) groups is 1. The number of ether oxygens (including phenoxy) is 1. The number of benzene rings is 1. The molecule has 19 heavy (non-hydrogen) atoms. The average molecular weight is 267 g/mol. The van der Waals surface area contributed by atoms with E-state index in [1.807, 2.05) is 37.9 Å². The molecule has 0 aliphatic heterocycles. The Morgan fingerprint density at radius 3 is 2.53 bits per heavy atom. The summed E-state index contributed by atoms with van der Waals surface area (Å²) in [6, 6.07) is 3.91. The molecular formula is C14H21NO4. The highest BCUT2D eigenvalue weighted by atomic mass is 16.5. The number of aliphatic carboxylic acids is 1. The molecule has 0 aromatic heterocycles. The lowest BCUT2D eigenvalue weighted by molar-refractivity contribution is -0.139.